The number of hydrogen-bond donors (Lipinski definition) is 1. The lowest BCUT2D eigenvalue weighted by atomic mass is 9.98. The molecule has 1 aromatic heterocycles. The average molecular weight is 455 g/mol. The van der Waals surface area contributed by atoms with Gasteiger partial charge in [0.25, 0.3) is 0 Å². The molecule has 2 aliphatic rings. The number of carbonyl (C=O) groups is 2. The molecular formula is C25H31ClN4O2. The lowest BCUT2D eigenvalue weighted by Gasteiger charge is -2.31. The number of likely N-dealkylation sites (tertiary alicyclic amines) is 1. The van der Waals surface area contributed by atoms with Gasteiger partial charge in [-0.05, 0) is 48.6 Å². The van der Waals surface area contributed by atoms with Crippen molar-refractivity contribution in [2.45, 2.75) is 45.6 Å². The molecule has 32 heavy (non-hydrogen) atoms. The number of pyridine rings is 1. The van der Waals surface area contributed by atoms with Crippen molar-refractivity contribution < 1.29 is 9.59 Å². The molecule has 0 aliphatic carbocycles. The topological polar surface area (TPSA) is 65.5 Å². The Morgan fingerprint density at radius 3 is 2.59 bits per heavy atom. The number of benzene rings is 1. The SMILES string of the molecule is CC(C)C(=O)Nc1ccc(N2CCCC[C@@H]3CN(C(=O)Cc4ccc(Cl)cc4)C[C@@H]32)nc1. The molecule has 4 rings (SSSR count). The van der Waals surface area contributed by atoms with Gasteiger partial charge in [-0.25, -0.2) is 4.98 Å². The fourth-order valence-electron chi connectivity index (χ4n) is 4.64. The highest BCUT2D eigenvalue weighted by Gasteiger charge is 2.40. The number of carbonyl (C=O) groups excluding carboxylic acids is 2. The van der Waals surface area contributed by atoms with Crippen LogP contribution >= 0.6 is 11.6 Å². The summed E-state index contributed by atoms with van der Waals surface area (Å²) in [6.45, 7) is 6.20. The molecule has 3 heterocycles. The van der Waals surface area contributed by atoms with Crippen molar-refractivity contribution in [3.63, 3.8) is 0 Å². The van der Waals surface area contributed by atoms with Gasteiger partial charge in [0.05, 0.1) is 24.3 Å². The Morgan fingerprint density at radius 1 is 1.12 bits per heavy atom. The Bertz CT molecular complexity index is 945. The molecule has 0 spiro atoms. The standard InChI is InChI=1S/C25H31ClN4O2/c1-17(2)25(32)28-21-10-11-23(27-14-21)30-12-4-3-5-19-15-29(16-22(19)30)24(31)13-18-6-8-20(26)9-7-18/h6-11,14,17,19,22H,3-5,12-13,15-16H2,1-2H3,(H,28,32)/t19-,22+/m1/s1. The zero-order valence-corrected chi connectivity index (χ0v) is 19.5. The van der Waals surface area contributed by atoms with Crippen molar-refractivity contribution in [1.29, 1.82) is 0 Å². The van der Waals surface area contributed by atoms with Gasteiger partial charge in [-0.1, -0.05) is 44.0 Å². The van der Waals surface area contributed by atoms with E-state index in [0.29, 0.717) is 23.0 Å². The molecule has 0 unspecified atom stereocenters. The van der Waals surface area contributed by atoms with E-state index in [-0.39, 0.29) is 23.8 Å². The van der Waals surface area contributed by atoms with Crippen molar-refractivity contribution in [2.24, 2.45) is 11.8 Å². The summed E-state index contributed by atoms with van der Waals surface area (Å²) in [7, 11) is 0. The number of nitrogens with one attached hydrogen (secondary N) is 1. The predicted molar refractivity (Wildman–Crippen MR) is 128 cm³/mol. The first kappa shape index (κ1) is 22.6. The van der Waals surface area contributed by atoms with Crippen molar-refractivity contribution in [3.8, 4) is 0 Å². The van der Waals surface area contributed by atoms with Gasteiger partial charge >= 0.3 is 0 Å². The molecule has 1 aromatic carbocycles. The predicted octanol–water partition coefficient (Wildman–Crippen LogP) is 4.39. The molecule has 1 N–H and O–H groups in total. The highest BCUT2D eigenvalue weighted by atomic mass is 35.5. The first-order valence-electron chi connectivity index (χ1n) is 11.5. The molecule has 170 valence electrons. The van der Waals surface area contributed by atoms with Crippen LogP contribution in [0, 0.1) is 11.8 Å². The summed E-state index contributed by atoms with van der Waals surface area (Å²) >= 11 is 5.97. The van der Waals surface area contributed by atoms with Crippen LogP contribution in [0.5, 0.6) is 0 Å². The van der Waals surface area contributed by atoms with Crippen LogP contribution < -0.4 is 10.2 Å². The van der Waals surface area contributed by atoms with E-state index in [1.54, 1.807) is 6.20 Å². The molecule has 6 nitrogen and oxygen atoms in total. The van der Waals surface area contributed by atoms with Crippen LogP contribution in [0.2, 0.25) is 5.02 Å². The summed E-state index contributed by atoms with van der Waals surface area (Å²) in [5.41, 5.74) is 1.70. The third kappa shape index (κ3) is 5.23. The maximum Gasteiger partial charge on any atom is 0.227 e. The number of fused-ring (bicyclic) bond motifs is 1. The number of anilines is 2. The fraction of sp³-hybridized carbons (Fsp3) is 0.480. The molecule has 2 aliphatic heterocycles. The van der Waals surface area contributed by atoms with Gasteiger partial charge < -0.3 is 15.1 Å². The van der Waals surface area contributed by atoms with E-state index in [9.17, 15) is 9.59 Å². The molecule has 2 fully saturated rings. The average Bonchev–Trinajstić information content (AvgIpc) is 3.10. The van der Waals surface area contributed by atoms with Crippen molar-refractivity contribution in [2.75, 3.05) is 29.9 Å². The molecule has 2 atom stereocenters. The molecule has 0 radical (unpaired) electrons. The van der Waals surface area contributed by atoms with Crippen molar-refractivity contribution in [3.05, 3.63) is 53.2 Å². The summed E-state index contributed by atoms with van der Waals surface area (Å²) in [5, 5.41) is 3.58. The number of nitrogens with zero attached hydrogens (tertiary/aromatic N) is 3. The van der Waals surface area contributed by atoms with E-state index >= 15 is 0 Å². The minimum Gasteiger partial charge on any atom is -0.352 e. The Hall–Kier alpha value is -2.60. The summed E-state index contributed by atoms with van der Waals surface area (Å²) in [6.07, 6.45) is 5.56. The van der Waals surface area contributed by atoms with Crippen LogP contribution in [0.1, 0.15) is 38.7 Å². The van der Waals surface area contributed by atoms with Gasteiger partial charge in [-0.15, -0.1) is 0 Å². The smallest absolute Gasteiger partial charge is 0.227 e. The largest absolute Gasteiger partial charge is 0.352 e. The zero-order chi connectivity index (χ0) is 22.7. The van der Waals surface area contributed by atoms with Gasteiger partial charge in [0.1, 0.15) is 5.82 Å². The van der Waals surface area contributed by atoms with E-state index in [1.807, 2.05) is 55.1 Å². The second-order valence-corrected chi connectivity index (χ2v) is 9.60. The zero-order valence-electron chi connectivity index (χ0n) is 18.8. The van der Waals surface area contributed by atoms with Gasteiger partial charge in [-0.3, -0.25) is 9.59 Å². The Morgan fingerprint density at radius 2 is 1.91 bits per heavy atom. The second kappa shape index (κ2) is 9.90. The second-order valence-electron chi connectivity index (χ2n) is 9.17. The Kier molecular flexibility index (Phi) is 6.99. The number of amides is 2. The molecule has 2 saturated heterocycles. The number of halogens is 1. The van der Waals surface area contributed by atoms with Crippen LogP contribution in [-0.4, -0.2) is 47.4 Å². The van der Waals surface area contributed by atoms with Crippen LogP contribution in [0.15, 0.2) is 42.6 Å². The van der Waals surface area contributed by atoms with Crippen LogP contribution in [0.3, 0.4) is 0 Å². The van der Waals surface area contributed by atoms with Gasteiger partial charge in [-0.2, -0.15) is 0 Å². The molecular weight excluding hydrogens is 424 g/mol. The van der Waals surface area contributed by atoms with Crippen molar-refractivity contribution in [1.82, 2.24) is 9.88 Å². The van der Waals surface area contributed by atoms with Crippen LogP contribution in [0.4, 0.5) is 11.5 Å². The Balaban J connectivity index is 1.44. The summed E-state index contributed by atoms with van der Waals surface area (Å²) < 4.78 is 0. The fourth-order valence-corrected chi connectivity index (χ4v) is 4.76. The van der Waals surface area contributed by atoms with Gasteiger partial charge in [0.2, 0.25) is 11.8 Å². The highest BCUT2D eigenvalue weighted by Crippen LogP contribution is 2.33. The quantitative estimate of drug-likeness (QED) is 0.727. The van der Waals surface area contributed by atoms with E-state index in [2.05, 4.69) is 15.2 Å². The Labute approximate surface area is 195 Å². The summed E-state index contributed by atoms with van der Waals surface area (Å²) in [5.74, 6) is 1.45. The third-order valence-corrected chi connectivity index (χ3v) is 6.74. The maximum atomic E-state index is 13.0. The normalized spacial score (nSPS) is 20.8. The summed E-state index contributed by atoms with van der Waals surface area (Å²) in [4.78, 5) is 34.0. The highest BCUT2D eigenvalue weighted by molar-refractivity contribution is 6.30. The molecule has 2 aromatic rings. The molecule has 0 saturated carbocycles. The lowest BCUT2D eigenvalue weighted by molar-refractivity contribution is -0.129. The monoisotopic (exact) mass is 454 g/mol. The molecule has 2 amide bonds. The van der Waals surface area contributed by atoms with Gasteiger partial charge in [0.15, 0.2) is 0 Å². The van der Waals surface area contributed by atoms with E-state index in [0.717, 1.165) is 43.9 Å². The first-order valence-corrected chi connectivity index (χ1v) is 11.8. The molecule has 7 heteroatoms. The third-order valence-electron chi connectivity index (χ3n) is 6.49. The van der Waals surface area contributed by atoms with Crippen LogP contribution in [0.25, 0.3) is 0 Å². The number of rotatable bonds is 5. The minimum atomic E-state index is -0.0732. The molecule has 0 bridgehead atoms. The van der Waals surface area contributed by atoms with E-state index in [4.69, 9.17) is 11.6 Å². The lowest BCUT2D eigenvalue weighted by Crippen LogP contribution is -2.41. The van der Waals surface area contributed by atoms with E-state index < -0.39 is 0 Å². The summed E-state index contributed by atoms with van der Waals surface area (Å²) in [6, 6.07) is 11.7. The number of hydrogen-bond acceptors (Lipinski definition) is 4. The maximum absolute atomic E-state index is 13.0. The van der Waals surface area contributed by atoms with Crippen molar-refractivity contribution >= 4 is 34.9 Å². The van der Waals surface area contributed by atoms with Crippen LogP contribution in [-0.2, 0) is 16.0 Å². The van der Waals surface area contributed by atoms with E-state index in [1.165, 1.54) is 6.42 Å². The van der Waals surface area contributed by atoms with Gasteiger partial charge in [0, 0.05) is 30.6 Å². The first-order chi connectivity index (χ1) is 15.4. The minimum absolute atomic E-state index is 0.0139. The number of aromatic nitrogens is 1.